The maximum absolute atomic E-state index is 13.5. The van der Waals surface area contributed by atoms with E-state index in [0.29, 0.717) is 11.1 Å². The number of carbonyl (C=O) groups is 1. The fraction of sp³-hybridized carbons (Fsp3) is 0.500. The first kappa shape index (κ1) is 12.2. The lowest BCUT2D eigenvalue weighted by molar-refractivity contribution is 0.0863. The van der Waals surface area contributed by atoms with Crippen molar-refractivity contribution in [2.24, 2.45) is 0 Å². The average molecular weight is 235 g/mol. The molecule has 1 aromatic carbocycles. The van der Waals surface area contributed by atoms with Crippen LogP contribution in [0.3, 0.4) is 0 Å². The van der Waals surface area contributed by atoms with E-state index in [4.69, 9.17) is 0 Å². The molecule has 0 amide bonds. The monoisotopic (exact) mass is 235 g/mol. The fourth-order valence-electron chi connectivity index (χ4n) is 2.47. The predicted molar refractivity (Wildman–Crippen MR) is 65.7 cm³/mol. The van der Waals surface area contributed by atoms with Gasteiger partial charge in [0.05, 0.1) is 5.54 Å². The van der Waals surface area contributed by atoms with Gasteiger partial charge in [-0.15, -0.1) is 0 Å². The zero-order valence-corrected chi connectivity index (χ0v) is 10.3. The summed E-state index contributed by atoms with van der Waals surface area (Å²) in [6.07, 6.45) is 2.60. The quantitative estimate of drug-likeness (QED) is 0.816. The standard InChI is InChI=1S/C14H18FNO/c1-3-14(7-4-8-16-14)13(17)11-6-5-10(2)12(15)9-11/h5-6,9,16H,3-4,7-8H2,1-2H3. The van der Waals surface area contributed by atoms with Crippen molar-refractivity contribution in [3.63, 3.8) is 0 Å². The van der Waals surface area contributed by atoms with E-state index >= 15 is 0 Å². The Morgan fingerprint density at radius 3 is 2.82 bits per heavy atom. The van der Waals surface area contributed by atoms with Crippen molar-refractivity contribution >= 4 is 5.78 Å². The second-order valence-corrected chi connectivity index (χ2v) is 4.76. The number of nitrogens with one attached hydrogen (secondary N) is 1. The molecule has 2 nitrogen and oxygen atoms in total. The van der Waals surface area contributed by atoms with Crippen molar-refractivity contribution in [2.75, 3.05) is 6.54 Å². The average Bonchev–Trinajstić information content (AvgIpc) is 2.81. The van der Waals surface area contributed by atoms with Gasteiger partial charge in [-0.2, -0.15) is 0 Å². The van der Waals surface area contributed by atoms with E-state index in [0.717, 1.165) is 25.8 Å². The summed E-state index contributed by atoms with van der Waals surface area (Å²) in [5.74, 6) is -0.281. The minimum absolute atomic E-state index is 0.0244. The zero-order valence-electron chi connectivity index (χ0n) is 10.3. The molecule has 1 heterocycles. The van der Waals surface area contributed by atoms with Crippen molar-refractivity contribution in [1.82, 2.24) is 5.32 Å². The van der Waals surface area contributed by atoms with Crippen molar-refractivity contribution in [2.45, 2.75) is 38.6 Å². The molecule has 1 aliphatic rings. The number of ketones is 1. The third-order valence-electron chi connectivity index (χ3n) is 3.72. The van der Waals surface area contributed by atoms with Crippen LogP contribution in [0, 0.1) is 12.7 Å². The van der Waals surface area contributed by atoms with Crippen LogP contribution in [0.15, 0.2) is 18.2 Å². The first-order valence-corrected chi connectivity index (χ1v) is 6.15. The Balaban J connectivity index is 2.32. The Bertz CT molecular complexity index is 436. The summed E-state index contributed by atoms with van der Waals surface area (Å²) in [5, 5.41) is 3.28. The normalized spacial score (nSPS) is 23.9. The maximum Gasteiger partial charge on any atom is 0.182 e. The van der Waals surface area contributed by atoms with E-state index in [9.17, 15) is 9.18 Å². The lowest BCUT2D eigenvalue weighted by atomic mass is 9.85. The minimum Gasteiger partial charge on any atom is -0.305 e. The molecular weight excluding hydrogens is 217 g/mol. The smallest absolute Gasteiger partial charge is 0.182 e. The summed E-state index contributed by atoms with van der Waals surface area (Å²) in [6, 6.07) is 4.74. The number of hydrogen-bond donors (Lipinski definition) is 1. The number of aryl methyl sites for hydroxylation is 1. The molecule has 0 bridgehead atoms. The Labute approximate surface area is 101 Å². The van der Waals surface area contributed by atoms with Crippen LogP contribution in [-0.2, 0) is 0 Å². The van der Waals surface area contributed by atoms with E-state index in [1.165, 1.54) is 6.07 Å². The molecule has 0 saturated carbocycles. The molecule has 1 fully saturated rings. The van der Waals surface area contributed by atoms with Gasteiger partial charge in [0.2, 0.25) is 0 Å². The van der Waals surface area contributed by atoms with Gasteiger partial charge in [-0.25, -0.2) is 4.39 Å². The second-order valence-electron chi connectivity index (χ2n) is 4.76. The summed E-state index contributed by atoms with van der Waals surface area (Å²) < 4.78 is 13.5. The summed E-state index contributed by atoms with van der Waals surface area (Å²) >= 11 is 0. The molecule has 1 aromatic rings. The number of benzene rings is 1. The predicted octanol–water partition coefficient (Wildman–Crippen LogP) is 2.85. The molecule has 1 unspecified atom stereocenters. The van der Waals surface area contributed by atoms with Gasteiger partial charge in [-0.1, -0.05) is 19.1 Å². The highest BCUT2D eigenvalue weighted by Gasteiger charge is 2.39. The number of halogens is 1. The lowest BCUT2D eigenvalue weighted by Crippen LogP contribution is -2.47. The Kier molecular flexibility index (Phi) is 3.29. The van der Waals surface area contributed by atoms with Crippen molar-refractivity contribution in [3.05, 3.63) is 35.1 Å². The van der Waals surface area contributed by atoms with E-state index in [-0.39, 0.29) is 11.6 Å². The first-order valence-electron chi connectivity index (χ1n) is 6.15. The SMILES string of the molecule is CCC1(C(=O)c2ccc(C)c(F)c2)CCCN1. The summed E-state index contributed by atoms with van der Waals surface area (Å²) in [6.45, 7) is 4.57. The number of carbonyl (C=O) groups excluding carboxylic acids is 1. The van der Waals surface area contributed by atoms with Gasteiger partial charge in [-0.05, 0) is 44.4 Å². The largest absolute Gasteiger partial charge is 0.305 e. The highest BCUT2D eigenvalue weighted by atomic mass is 19.1. The third kappa shape index (κ3) is 2.12. The number of rotatable bonds is 3. The molecule has 2 rings (SSSR count). The topological polar surface area (TPSA) is 29.1 Å². The van der Waals surface area contributed by atoms with Crippen LogP contribution in [0.25, 0.3) is 0 Å². The van der Waals surface area contributed by atoms with Gasteiger partial charge in [0.1, 0.15) is 5.82 Å². The molecule has 3 heteroatoms. The van der Waals surface area contributed by atoms with Crippen molar-refractivity contribution < 1.29 is 9.18 Å². The van der Waals surface area contributed by atoms with Crippen LogP contribution in [-0.4, -0.2) is 17.9 Å². The minimum atomic E-state index is -0.471. The number of Topliss-reactive ketones (excluding diaryl/α,β-unsaturated/α-hetero) is 1. The van der Waals surface area contributed by atoms with Crippen LogP contribution >= 0.6 is 0 Å². The van der Waals surface area contributed by atoms with E-state index in [1.54, 1.807) is 19.1 Å². The van der Waals surface area contributed by atoms with Crippen LogP contribution in [0.4, 0.5) is 4.39 Å². The molecule has 1 atom stereocenters. The summed E-state index contributed by atoms with van der Waals surface area (Å²) in [7, 11) is 0. The van der Waals surface area contributed by atoms with Crippen LogP contribution in [0.2, 0.25) is 0 Å². The summed E-state index contributed by atoms with van der Waals surface area (Å²) in [5.41, 5.74) is 0.581. The Hall–Kier alpha value is -1.22. The van der Waals surface area contributed by atoms with Gasteiger partial charge in [0, 0.05) is 5.56 Å². The van der Waals surface area contributed by atoms with E-state index in [2.05, 4.69) is 5.32 Å². The fourth-order valence-corrected chi connectivity index (χ4v) is 2.47. The molecular formula is C14H18FNO. The highest BCUT2D eigenvalue weighted by Crippen LogP contribution is 2.27. The van der Waals surface area contributed by atoms with Gasteiger partial charge >= 0.3 is 0 Å². The molecule has 1 saturated heterocycles. The second kappa shape index (κ2) is 4.57. The molecule has 0 radical (unpaired) electrons. The van der Waals surface area contributed by atoms with Gasteiger partial charge in [-0.3, -0.25) is 4.79 Å². The Morgan fingerprint density at radius 2 is 2.29 bits per heavy atom. The van der Waals surface area contributed by atoms with Crippen LogP contribution < -0.4 is 5.32 Å². The molecule has 1 N–H and O–H groups in total. The summed E-state index contributed by atoms with van der Waals surface area (Å²) in [4.78, 5) is 12.4. The zero-order chi connectivity index (χ0) is 12.5. The maximum atomic E-state index is 13.5. The van der Waals surface area contributed by atoms with Gasteiger partial charge in [0.15, 0.2) is 5.78 Å². The third-order valence-corrected chi connectivity index (χ3v) is 3.72. The van der Waals surface area contributed by atoms with Crippen LogP contribution in [0.5, 0.6) is 0 Å². The van der Waals surface area contributed by atoms with Crippen molar-refractivity contribution in [3.8, 4) is 0 Å². The first-order chi connectivity index (χ1) is 8.09. The van der Waals surface area contributed by atoms with Crippen LogP contribution in [0.1, 0.15) is 42.1 Å². The molecule has 0 aromatic heterocycles. The van der Waals surface area contributed by atoms with Crippen molar-refractivity contribution in [1.29, 1.82) is 0 Å². The number of hydrogen-bond acceptors (Lipinski definition) is 2. The highest BCUT2D eigenvalue weighted by molar-refractivity contribution is 6.03. The Morgan fingerprint density at radius 1 is 1.53 bits per heavy atom. The van der Waals surface area contributed by atoms with Gasteiger partial charge in [0.25, 0.3) is 0 Å². The molecule has 0 spiro atoms. The molecule has 1 aliphatic heterocycles. The van der Waals surface area contributed by atoms with E-state index in [1.807, 2.05) is 6.92 Å². The van der Waals surface area contributed by atoms with E-state index < -0.39 is 5.54 Å². The molecule has 92 valence electrons. The lowest BCUT2D eigenvalue weighted by Gasteiger charge is -2.26. The molecule has 0 aliphatic carbocycles. The molecule has 17 heavy (non-hydrogen) atoms. The van der Waals surface area contributed by atoms with Gasteiger partial charge < -0.3 is 5.32 Å².